The molecule has 0 aromatic carbocycles. The molecule has 0 aliphatic heterocycles. The van der Waals surface area contributed by atoms with Gasteiger partial charge in [0.2, 0.25) is 11.2 Å². The summed E-state index contributed by atoms with van der Waals surface area (Å²) >= 11 is 5.82. The molecule has 0 fully saturated rings. The first-order valence-corrected chi connectivity index (χ1v) is 6.11. The summed E-state index contributed by atoms with van der Waals surface area (Å²) in [5.74, 6) is 0.477. The molecule has 1 N–H and O–H groups in total. The zero-order chi connectivity index (χ0) is 12.1. The minimum Gasteiger partial charge on any atom is -0.463 e. The van der Waals surface area contributed by atoms with Crippen LogP contribution in [0.25, 0.3) is 0 Å². The molecular formula is C11H15ClN4O. The van der Waals surface area contributed by atoms with Crippen molar-refractivity contribution in [2.45, 2.75) is 32.2 Å². The maximum atomic E-state index is 5.82. The zero-order valence-corrected chi connectivity index (χ0v) is 10.4. The van der Waals surface area contributed by atoms with Crippen molar-refractivity contribution < 1.29 is 4.74 Å². The van der Waals surface area contributed by atoms with E-state index in [2.05, 4.69) is 32.4 Å². The maximum Gasteiger partial charge on any atom is 0.322 e. The summed E-state index contributed by atoms with van der Waals surface area (Å²) in [6.45, 7) is 2.59. The third-order valence-electron chi connectivity index (χ3n) is 2.36. The highest BCUT2D eigenvalue weighted by Crippen LogP contribution is 2.17. The Balaban J connectivity index is 2.02. The van der Waals surface area contributed by atoms with Crippen LogP contribution in [-0.2, 0) is 0 Å². The lowest BCUT2D eigenvalue weighted by molar-refractivity contribution is 0.291. The van der Waals surface area contributed by atoms with Gasteiger partial charge in [0.1, 0.15) is 0 Å². The van der Waals surface area contributed by atoms with E-state index in [9.17, 15) is 0 Å². The Kier molecular flexibility index (Phi) is 4.14. The molecule has 1 aromatic heterocycles. The van der Waals surface area contributed by atoms with Crippen LogP contribution in [-0.4, -0.2) is 27.6 Å². The fraction of sp³-hybridized carbons (Fsp3) is 0.545. The molecule has 0 spiro atoms. The van der Waals surface area contributed by atoms with Crippen molar-refractivity contribution in [3.05, 3.63) is 17.4 Å². The van der Waals surface area contributed by atoms with Crippen LogP contribution in [0.2, 0.25) is 5.28 Å². The summed E-state index contributed by atoms with van der Waals surface area (Å²) in [5, 5.41) is 3.36. The highest BCUT2D eigenvalue weighted by Gasteiger charge is 2.13. The molecule has 0 radical (unpaired) electrons. The lowest BCUT2D eigenvalue weighted by Crippen LogP contribution is -2.17. The average molecular weight is 255 g/mol. The van der Waals surface area contributed by atoms with E-state index < -0.39 is 0 Å². The fourth-order valence-electron chi connectivity index (χ4n) is 1.57. The normalized spacial score (nSPS) is 15.2. The first-order valence-electron chi connectivity index (χ1n) is 5.74. The molecule has 1 aliphatic rings. The average Bonchev–Trinajstić information content (AvgIpc) is 2.78. The Bertz CT molecular complexity index is 402. The molecule has 0 atom stereocenters. The molecule has 2 rings (SSSR count). The highest BCUT2D eigenvalue weighted by atomic mass is 35.5. The van der Waals surface area contributed by atoms with Crippen LogP contribution in [0.1, 0.15) is 26.2 Å². The molecule has 0 saturated heterocycles. The predicted molar refractivity (Wildman–Crippen MR) is 66.4 cm³/mol. The summed E-state index contributed by atoms with van der Waals surface area (Å²) in [4.78, 5) is 12.1. The van der Waals surface area contributed by atoms with Crippen molar-refractivity contribution in [3.63, 3.8) is 0 Å². The minimum absolute atomic E-state index is 0.152. The number of hydrogen-bond donors (Lipinski definition) is 1. The van der Waals surface area contributed by atoms with Gasteiger partial charge < -0.3 is 10.1 Å². The Labute approximate surface area is 105 Å². The molecule has 0 bridgehead atoms. The maximum absolute atomic E-state index is 5.82. The summed E-state index contributed by atoms with van der Waals surface area (Å²) < 4.78 is 5.34. The second kappa shape index (κ2) is 5.82. The van der Waals surface area contributed by atoms with Crippen molar-refractivity contribution in [1.82, 2.24) is 15.0 Å². The number of rotatable bonds is 5. The summed E-state index contributed by atoms with van der Waals surface area (Å²) in [7, 11) is 0. The van der Waals surface area contributed by atoms with Gasteiger partial charge in [0.05, 0.1) is 6.61 Å². The topological polar surface area (TPSA) is 59.9 Å². The van der Waals surface area contributed by atoms with Gasteiger partial charge in [-0.25, -0.2) is 0 Å². The van der Waals surface area contributed by atoms with Crippen LogP contribution < -0.4 is 10.1 Å². The van der Waals surface area contributed by atoms with Crippen LogP contribution in [0.3, 0.4) is 0 Å². The van der Waals surface area contributed by atoms with Crippen LogP contribution >= 0.6 is 11.6 Å². The van der Waals surface area contributed by atoms with Crippen molar-refractivity contribution in [1.29, 1.82) is 0 Å². The fourth-order valence-corrected chi connectivity index (χ4v) is 1.72. The molecule has 1 aliphatic carbocycles. The number of nitrogens with one attached hydrogen (secondary N) is 1. The van der Waals surface area contributed by atoms with E-state index in [1.54, 1.807) is 0 Å². The van der Waals surface area contributed by atoms with E-state index in [1.165, 1.54) is 0 Å². The summed E-state index contributed by atoms with van der Waals surface area (Å²) in [5.41, 5.74) is 0. The summed E-state index contributed by atoms with van der Waals surface area (Å²) in [6, 6.07) is 0.618. The molecule has 0 amide bonds. The standard InChI is InChI=1S/C11H15ClN4O/c1-2-7-17-11-15-9(12)14-10(16-11)13-8-5-3-4-6-8/h3-4,8H,2,5-7H2,1H3,(H,13,14,15,16). The molecule has 6 heteroatoms. The first kappa shape index (κ1) is 12.1. The smallest absolute Gasteiger partial charge is 0.322 e. The molecule has 0 unspecified atom stereocenters. The van der Waals surface area contributed by atoms with Crippen molar-refractivity contribution in [2.75, 3.05) is 11.9 Å². The van der Waals surface area contributed by atoms with Gasteiger partial charge in [-0.15, -0.1) is 0 Å². The number of anilines is 1. The van der Waals surface area contributed by atoms with E-state index in [4.69, 9.17) is 16.3 Å². The molecular weight excluding hydrogens is 240 g/mol. The third kappa shape index (κ3) is 3.56. The van der Waals surface area contributed by atoms with Crippen molar-refractivity contribution in [2.24, 2.45) is 0 Å². The highest BCUT2D eigenvalue weighted by molar-refractivity contribution is 6.28. The molecule has 1 heterocycles. The lowest BCUT2D eigenvalue weighted by atomic mass is 10.2. The Hall–Kier alpha value is -1.36. The molecule has 0 saturated carbocycles. The van der Waals surface area contributed by atoms with E-state index in [-0.39, 0.29) is 11.3 Å². The number of halogens is 1. The number of nitrogens with zero attached hydrogens (tertiary/aromatic N) is 3. The van der Waals surface area contributed by atoms with Gasteiger partial charge in [-0.1, -0.05) is 19.1 Å². The number of ether oxygens (including phenoxy) is 1. The van der Waals surface area contributed by atoms with Gasteiger partial charge >= 0.3 is 6.01 Å². The second-order valence-electron chi connectivity index (χ2n) is 3.84. The Morgan fingerprint density at radius 2 is 2.12 bits per heavy atom. The SMILES string of the molecule is CCCOc1nc(Cl)nc(NC2CC=CC2)n1. The second-order valence-corrected chi connectivity index (χ2v) is 4.18. The van der Waals surface area contributed by atoms with E-state index >= 15 is 0 Å². The van der Waals surface area contributed by atoms with Crippen molar-refractivity contribution in [3.8, 4) is 6.01 Å². The molecule has 1 aromatic rings. The minimum atomic E-state index is 0.152. The quantitative estimate of drug-likeness (QED) is 0.818. The van der Waals surface area contributed by atoms with E-state index in [0.29, 0.717) is 18.6 Å². The molecule has 5 nitrogen and oxygen atoms in total. The number of aromatic nitrogens is 3. The van der Waals surface area contributed by atoms with Gasteiger partial charge in [0.25, 0.3) is 0 Å². The molecule has 92 valence electrons. The van der Waals surface area contributed by atoms with Crippen LogP contribution in [0, 0.1) is 0 Å². The lowest BCUT2D eigenvalue weighted by Gasteiger charge is -2.12. The van der Waals surface area contributed by atoms with E-state index in [1.807, 2.05) is 6.92 Å². The predicted octanol–water partition coefficient (Wildman–Crippen LogP) is 2.44. The number of hydrogen-bond acceptors (Lipinski definition) is 5. The van der Waals surface area contributed by atoms with Gasteiger partial charge in [0, 0.05) is 6.04 Å². The van der Waals surface area contributed by atoms with Gasteiger partial charge in [0.15, 0.2) is 0 Å². The van der Waals surface area contributed by atoms with E-state index in [0.717, 1.165) is 19.3 Å². The van der Waals surface area contributed by atoms with Gasteiger partial charge in [-0.2, -0.15) is 15.0 Å². The van der Waals surface area contributed by atoms with Crippen LogP contribution in [0.5, 0.6) is 6.01 Å². The van der Waals surface area contributed by atoms with Crippen LogP contribution in [0.15, 0.2) is 12.2 Å². The van der Waals surface area contributed by atoms with Gasteiger partial charge in [-0.05, 0) is 30.9 Å². The largest absolute Gasteiger partial charge is 0.463 e. The third-order valence-corrected chi connectivity index (χ3v) is 2.53. The zero-order valence-electron chi connectivity index (χ0n) is 9.69. The first-order chi connectivity index (χ1) is 8.28. The Morgan fingerprint density at radius 3 is 2.82 bits per heavy atom. The Morgan fingerprint density at radius 1 is 1.35 bits per heavy atom. The molecule has 17 heavy (non-hydrogen) atoms. The monoisotopic (exact) mass is 254 g/mol. The van der Waals surface area contributed by atoms with Gasteiger partial charge in [-0.3, -0.25) is 0 Å². The van der Waals surface area contributed by atoms with Crippen molar-refractivity contribution >= 4 is 17.5 Å². The van der Waals surface area contributed by atoms with Crippen LogP contribution in [0.4, 0.5) is 5.95 Å². The summed E-state index contributed by atoms with van der Waals surface area (Å²) in [6.07, 6.45) is 7.13.